The van der Waals surface area contributed by atoms with E-state index in [1.807, 2.05) is 22.9 Å². The van der Waals surface area contributed by atoms with Crippen LogP contribution >= 0.6 is 0 Å². The third-order valence-corrected chi connectivity index (χ3v) is 5.71. The predicted molar refractivity (Wildman–Crippen MR) is 131 cm³/mol. The van der Waals surface area contributed by atoms with Crippen molar-refractivity contribution in [2.24, 2.45) is 11.0 Å². The van der Waals surface area contributed by atoms with Gasteiger partial charge in [-0.2, -0.15) is 13.2 Å². The van der Waals surface area contributed by atoms with E-state index in [4.69, 9.17) is 20.3 Å². The lowest BCUT2D eigenvalue weighted by atomic mass is 10.0. The van der Waals surface area contributed by atoms with E-state index in [2.05, 4.69) is 5.29 Å². The molecule has 0 spiro atoms. The van der Waals surface area contributed by atoms with Crippen molar-refractivity contribution in [3.05, 3.63) is 64.7 Å². The number of aryl methyl sites for hydroxylation is 1. The molecule has 0 saturated carbocycles. The fourth-order valence-electron chi connectivity index (χ4n) is 4.03. The van der Waals surface area contributed by atoms with Gasteiger partial charge >= 0.3 is 6.18 Å². The number of nitroso groups, excluding NO2 is 1. The molecule has 0 aliphatic rings. The number of para-hydroxylation sites is 2. The van der Waals surface area contributed by atoms with Gasteiger partial charge in [0.2, 0.25) is 0 Å². The van der Waals surface area contributed by atoms with Gasteiger partial charge in [0.25, 0.3) is 5.91 Å². The number of rotatable bonds is 14. The molecular weight excluding hydrogens is 493 g/mol. The number of hydrogen-bond acceptors (Lipinski definition) is 6. The zero-order valence-corrected chi connectivity index (χ0v) is 20.3. The number of carbonyl (C=O) groups excluding carboxylic acids is 1. The van der Waals surface area contributed by atoms with Crippen molar-refractivity contribution in [2.45, 2.75) is 38.5 Å². The second kappa shape index (κ2) is 12.4. The van der Waals surface area contributed by atoms with Crippen molar-refractivity contribution in [1.29, 1.82) is 0 Å². The first-order valence-electron chi connectivity index (χ1n) is 11.7. The summed E-state index contributed by atoms with van der Waals surface area (Å²) in [5.41, 5.74) is 7.43. The van der Waals surface area contributed by atoms with Gasteiger partial charge in [-0.1, -0.05) is 12.1 Å². The first-order valence-corrected chi connectivity index (χ1v) is 11.7. The molecule has 37 heavy (non-hydrogen) atoms. The standard InChI is InChI=1S/C25H29F3N4O5/c1-17(13-18-14-19-7-9-31(8-4-11-33)23(19)20(15-18)24(29)34)32(30-35)10-12-36-21-5-2-3-6-22(21)37-16-25(26,27)28/h2-3,5-7,9,14-15,17,33H,4,8,10-13,16H2,1H3,(H2,29,34)/t17-/m1/s1. The maximum Gasteiger partial charge on any atom is 0.422 e. The lowest BCUT2D eigenvalue weighted by Crippen LogP contribution is -2.33. The highest BCUT2D eigenvalue weighted by Gasteiger charge is 2.29. The van der Waals surface area contributed by atoms with Crippen LogP contribution in [-0.4, -0.2) is 59.2 Å². The van der Waals surface area contributed by atoms with E-state index in [1.54, 1.807) is 19.1 Å². The highest BCUT2D eigenvalue weighted by atomic mass is 19.4. The van der Waals surface area contributed by atoms with E-state index in [1.165, 1.54) is 23.2 Å². The van der Waals surface area contributed by atoms with Gasteiger partial charge in [0.05, 0.1) is 29.0 Å². The molecule has 1 aromatic heterocycles. The molecule has 12 heteroatoms. The van der Waals surface area contributed by atoms with Crippen LogP contribution < -0.4 is 15.2 Å². The minimum Gasteiger partial charge on any atom is -0.488 e. The Bertz CT molecular complexity index is 1210. The monoisotopic (exact) mass is 522 g/mol. The Morgan fingerprint density at radius 2 is 1.89 bits per heavy atom. The zero-order chi connectivity index (χ0) is 27.0. The Kier molecular flexibility index (Phi) is 9.34. The molecule has 0 fully saturated rings. The SMILES string of the molecule is C[C@H](Cc1cc(C(N)=O)c2c(ccn2CCCO)c1)N(CCOc1ccccc1OCC(F)(F)F)N=O. The molecule has 9 nitrogen and oxygen atoms in total. The number of alkyl halides is 3. The minimum atomic E-state index is -4.49. The Balaban J connectivity index is 1.66. The maximum absolute atomic E-state index is 12.5. The molecule has 200 valence electrons. The molecule has 0 radical (unpaired) electrons. The van der Waals surface area contributed by atoms with Crippen LogP contribution in [0.1, 0.15) is 29.3 Å². The van der Waals surface area contributed by atoms with Crippen LogP contribution in [0.5, 0.6) is 11.5 Å². The van der Waals surface area contributed by atoms with E-state index in [9.17, 15) is 22.9 Å². The van der Waals surface area contributed by atoms with Gasteiger partial charge in [0.1, 0.15) is 6.61 Å². The van der Waals surface area contributed by atoms with E-state index in [-0.39, 0.29) is 37.3 Å². The molecule has 1 amide bonds. The van der Waals surface area contributed by atoms with Crippen molar-refractivity contribution < 1.29 is 32.5 Å². The van der Waals surface area contributed by atoms with Crippen molar-refractivity contribution in [1.82, 2.24) is 9.58 Å². The summed E-state index contributed by atoms with van der Waals surface area (Å²) >= 11 is 0. The number of ether oxygens (including phenoxy) is 2. The van der Waals surface area contributed by atoms with Gasteiger partial charge in [-0.05, 0) is 55.7 Å². The lowest BCUT2D eigenvalue weighted by Gasteiger charge is -2.23. The summed E-state index contributed by atoms with van der Waals surface area (Å²) in [6.45, 7) is 0.925. The van der Waals surface area contributed by atoms with Gasteiger partial charge in [-0.15, -0.1) is 4.91 Å². The fraction of sp³-hybridized carbons (Fsp3) is 0.400. The summed E-state index contributed by atoms with van der Waals surface area (Å²) in [4.78, 5) is 23.7. The fourth-order valence-corrected chi connectivity index (χ4v) is 4.03. The van der Waals surface area contributed by atoms with E-state index >= 15 is 0 Å². The Morgan fingerprint density at radius 1 is 1.19 bits per heavy atom. The number of carbonyl (C=O) groups is 1. The normalized spacial score (nSPS) is 12.4. The van der Waals surface area contributed by atoms with Crippen molar-refractivity contribution in [2.75, 3.05) is 26.4 Å². The number of nitrogens with zero attached hydrogens (tertiary/aromatic N) is 3. The molecular formula is C25H29F3N4O5. The van der Waals surface area contributed by atoms with Crippen molar-refractivity contribution in [3.8, 4) is 11.5 Å². The van der Waals surface area contributed by atoms with Crippen LogP contribution in [0.3, 0.4) is 0 Å². The van der Waals surface area contributed by atoms with Gasteiger partial charge in [0.15, 0.2) is 18.1 Å². The molecule has 3 N–H and O–H groups in total. The quantitative estimate of drug-likeness (QED) is 0.244. The number of aromatic nitrogens is 1. The van der Waals surface area contributed by atoms with Crippen LogP contribution in [0, 0.1) is 4.91 Å². The maximum atomic E-state index is 12.5. The number of primary amides is 1. The number of hydrogen-bond donors (Lipinski definition) is 2. The third-order valence-electron chi connectivity index (χ3n) is 5.71. The number of halogens is 3. The first kappa shape index (κ1) is 27.8. The van der Waals surface area contributed by atoms with E-state index in [0.29, 0.717) is 30.5 Å². The summed E-state index contributed by atoms with van der Waals surface area (Å²) in [5.74, 6) is -0.530. The second-order valence-corrected chi connectivity index (χ2v) is 8.53. The van der Waals surface area contributed by atoms with Gasteiger partial charge in [0, 0.05) is 24.7 Å². The summed E-state index contributed by atoms with van der Waals surface area (Å²) in [7, 11) is 0. The molecule has 0 bridgehead atoms. The van der Waals surface area contributed by atoms with Gasteiger partial charge in [-0.25, -0.2) is 0 Å². The number of aliphatic hydroxyl groups is 1. The molecule has 2 aromatic carbocycles. The smallest absolute Gasteiger partial charge is 0.422 e. The average Bonchev–Trinajstić information content (AvgIpc) is 3.26. The van der Waals surface area contributed by atoms with Crippen LogP contribution in [0.25, 0.3) is 10.9 Å². The molecule has 1 atom stereocenters. The Morgan fingerprint density at radius 3 is 2.51 bits per heavy atom. The number of amides is 1. The van der Waals surface area contributed by atoms with E-state index < -0.39 is 18.7 Å². The number of nitrogens with two attached hydrogens (primary N) is 1. The van der Waals surface area contributed by atoms with Crippen LogP contribution in [0.15, 0.2) is 53.9 Å². The topological polar surface area (TPSA) is 119 Å². The van der Waals surface area contributed by atoms with Gasteiger partial charge in [-0.3, -0.25) is 9.80 Å². The predicted octanol–water partition coefficient (Wildman–Crippen LogP) is 4.06. The zero-order valence-electron chi connectivity index (χ0n) is 20.3. The lowest BCUT2D eigenvalue weighted by molar-refractivity contribution is -0.153. The number of benzene rings is 2. The Hall–Kier alpha value is -3.80. The van der Waals surface area contributed by atoms with Crippen molar-refractivity contribution >= 4 is 16.8 Å². The average molecular weight is 523 g/mol. The largest absolute Gasteiger partial charge is 0.488 e. The molecule has 3 aromatic rings. The molecule has 3 rings (SSSR count). The third kappa shape index (κ3) is 7.59. The molecule has 0 aliphatic heterocycles. The molecule has 1 heterocycles. The van der Waals surface area contributed by atoms with E-state index in [0.717, 1.165) is 10.9 Å². The summed E-state index contributed by atoms with van der Waals surface area (Å²) in [6.07, 6.45) is -1.76. The second-order valence-electron chi connectivity index (χ2n) is 8.53. The summed E-state index contributed by atoms with van der Waals surface area (Å²) in [5, 5.41) is 14.3. The van der Waals surface area contributed by atoms with Crippen LogP contribution in [-0.2, 0) is 13.0 Å². The van der Waals surface area contributed by atoms with Gasteiger partial charge < -0.3 is 24.9 Å². The molecule has 0 aliphatic carbocycles. The summed E-state index contributed by atoms with van der Waals surface area (Å²) in [6, 6.07) is 11.0. The highest BCUT2D eigenvalue weighted by Crippen LogP contribution is 2.29. The molecule has 0 unspecified atom stereocenters. The minimum absolute atomic E-state index is 0.0194. The van der Waals surface area contributed by atoms with Crippen molar-refractivity contribution in [3.63, 3.8) is 0 Å². The Labute approximate surface area is 211 Å². The number of fused-ring (bicyclic) bond motifs is 1. The highest BCUT2D eigenvalue weighted by molar-refractivity contribution is 6.05. The first-order chi connectivity index (χ1) is 17.6. The summed E-state index contributed by atoms with van der Waals surface area (Å²) < 4.78 is 49.7. The molecule has 0 saturated heterocycles. The number of aliphatic hydroxyl groups excluding tert-OH is 1. The van der Waals surface area contributed by atoms with Crippen LogP contribution in [0.4, 0.5) is 13.2 Å². The van der Waals surface area contributed by atoms with Crippen LogP contribution in [0.2, 0.25) is 0 Å².